The van der Waals surface area contributed by atoms with E-state index in [9.17, 15) is 0 Å². The van der Waals surface area contributed by atoms with Crippen LogP contribution in [0.2, 0.25) is 0 Å². The van der Waals surface area contributed by atoms with Crippen molar-refractivity contribution in [2.45, 2.75) is 19.3 Å². The summed E-state index contributed by atoms with van der Waals surface area (Å²) >= 11 is 0. The predicted molar refractivity (Wildman–Crippen MR) is 75.8 cm³/mol. The molecule has 0 saturated heterocycles. The van der Waals surface area contributed by atoms with Crippen molar-refractivity contribution in [1.82, 2.24) is 9.88 Å². The Labute approximate surface area is 109 Å². The second-order valence-corrected chi connectivity index (χ2v) is 5.41. The highest BCUT2D eigenvalue weighted by Crippen LogP contribution is 2.31. The van der Waals surface area contributed by atoms with Gasteiger partial charge in [0.1, 0.15) is 0 Å². The summed E-state index contributed by atoms with van der Waals surface area (Å²) in [6, 6.07) is 8.55. The third kappa shape index (κ3) is 2.42. The molecule has 0 radical (unpaired) electrons. The van der Waals surface area contributed by atoms with Crippen LogP contribution < -0.4 is 5.32 Å². The molecule has 0 fully saturated rings. The number of aromatic nitrogens is 1. The van der Waals surface area contributed by atoms with Gasteiger partial charge in [-0.1, -0.05) is 32.0 Å². The number of ether oxygens (including phenoxy) is 1. The Morgan fingerprint density at radius 3 is 2.72 bits per heavy atom. The summed E-state index contributed by atoms with van der Waals surface area (Å²) in [6.45, 7) is 6.01. The molecule has 1 aromatic heterocycles. The zero-order chi connectivity index (χ0) is 13.2. The van der Waals surface area contributed by atoms with Crippen molar-refractivity contribution >= 4 is 10.9 Å². The van der Waals surface area contributed by atoms with Crippen molar-refractivity contribution in [3.05, 3.63) is 36.0 Å². The van der Waals surface area contributed by atoms with Gasteiger partial charge in [0.2, 0.25) is 0 Å². The monoisotopic (exact) mass is 246 g/mol. The molecule has 0 saturated carbocycles. The van der Waals surface area contributed by atoms with Gasteiger partial charge in [0.05, 0.1) is 6.73 Å². The zero-order valence-electron chi connectivity index (χ0n) is 11.7. The molecule has 18 heavy (non-hydrogen) atoms. The first kappa shape index (κ1) is 13.1. The number of hydrogen-bond donors (Lipinski definition) is 1. The van der Waals surface area contributed by atoms with Crippen LogP contribution in [0.3, 0.4) is 0 Å². The maximum atomic E-state index is 5.05. The lowest BCUT2D eigenvalue weighted by Gasteiger charge is -2.24. The van der Waals surface area contributed by atoms with E-state index in [1.807, 2.05) is 0 Å². The Morgan fingerprint density at radius 2 is 2.00 bits per heavy atom. The van der Waals surface area contributed by atoms with E-state index >= 15 is 0 Å². The Morgan fingerprint density at radius 1 is 1.28 bits per heavy atom. The summed E-state index contributed by atoms with van der Waals surface area (Å²) in [5.41, 5.74) is 2.75. The average Bonchev–Trinajstić information content (AvgIpc) is 2.69. The highest BCUT2D eigenvalue weighted by Gasteiger charge is 2.24. The second-order valence-electron chi connectivity index (χ2n) is 5.41. The fraction of sp³-hybridized carbons (Fsp3) is 0.467. The van der Waals surface area contributed by atoms with E-state index in [2.05, 4.69) is 61.2 Å². The standard InChI is InChI=1S/C15H22N2O/c1-15(2,10-16-11-18-4)13-9-17(3)14-8-6-5-7-12(13)14/h5-9,16H,10-11H2,1-4H3. The maximum absolute atomic E-state index is 5.05. The Bertz CT molecular complexity index is 528. The van der Waals surface area contributed by atoms with Crippen LogP contribution in [0.1, 0.15) is 19.4 Å². The highest BCUT2D eigenvalue weighted by molar-refractivity contribution is 5.85. The molecule has 3 heteroatoms. The molecular formula is C15H22N2O. The largest absolute Gasteiger partial charge is 0.370 e. The number of rotatable bonds is 5. The van der Waals surface area contributed by atoms with Gasteiger partial charge in [-0.05, 0) is 11.6 Å². The average molecular weight is 246 g/mol. The first-order chi connectivity index (χ1) is 8.56. The first-order valence-corrected chi connectivity index (χ1v) is 6.30. The van der Waals surface area contributed by atoms with Crippen LogP contribution in [0.5, 0.6) is 0 Å². The Hall–Kier alpha value is -1.32. The lowest BCUT2D eigenvalue weighted by molar-refractivity contribution is 0.169. The molecule has 0 atom stereocenters. The predicted octanol–water partition coefficient (Wildman–Crippen LogP) is 2.65. The topological polar surface area (TPSA) is 26.2 Å². The molecule has 0 bridgehead atoms. The fourth-order valence-electron chi connectivity index (χ4n) is 2.44. The normalized spacial score (nSPS) is 12.2. The first-order valence-electron chi connectivity index (χ1n) is 6.30. The number of methoxy groups -OCH3 is 1. The van der Waals surface area contributed by atoms with E-state index in [-0.39, 0.29) is 5.41 Å². The number of benzene rings is 1. The quantitative estimate of drug-likeness (QED) is 0.648. The Kier molecular flexibility index (Phi) is 3.73. The number of fused-ring (bicyclic) bond motifs is 1. The van der Waals surface area contributed by atoms with E-state index in [0.717, 1.165) is 6.54 Å². The molecule has 1 N–H and O–H groups in total. The summed E-state index contributed by atoms with van der Waals surface area (Å²) in [5.74, 6) is 0. The van der Waals surface area contributed by atoms with E-state index < -0.39 is 0 Å². The van der Waals surface area contributed by atoms with Crippen molar-refractivity contribution in [1.29, 1.82) is 0 Å². The minimum atomic E-state index is 0.0827. The van der Waals surface area contributed by atoms with E-state index in [1.54, 1.807) is 7.11 Å². The van der Waals surface area contributed by atoms with Crippen LogP contribution in [-0.2, 0) is 17.2 Å². The summed E-state index contributed by atoms with van der Waals surface area (Å²) in [4.78, 5) is 0. The molecule has 2 rings (SSSR count). The molecule has 1 aromatic carbocycles. The third-order valence-corrected chi connectivity index (χ3v) is 3.44. The van der Waals surface area contributed by atoms with E-state index in [1.165, 1.54) is 16.5 Å². The molecule has 0 spiro atoms. The molecule has 1 heterocycles. The molecule has 98 valence electrons. The summed E-state index contributed by atoms with van der Waals surface area (Å²) in [6.07, 6.45) is 2.24. The van der Waals surface area contributed by atoms with Gasteiger partial charge in [0.25, 0.3) is 0 Å². The smallest absolute Gasteiger partial charge is 0.0961 e. The second kappa shape index (κ2) is 5.12. The van der Waals surface area contributed by atoms with Gasteiger partial charge in [-0.25, -0.2) is 0 Å². The van der Waals surface area contributed by atoms with Crippen LogP contribution in [-0.4, -0.2) is 25.0 Å². The summed E-state index contributed by atoms with van der Waals surface area (Å²) < 4.78 is 7.25. The van der Waals surface area contributed by atoms with Crippen molar-refractivity contribution < 1.29 is 4.74 Å². The van der Waals surface area contributed by atoms with Crippen molar-refractivity contribution in [2.75, 3.05) is 20.4 Å². The molecule has 0 aliphatic heterocycles. The number of hydrogen-bond acceptors (Lipinski definition) is 2. The van der Waals surface area contributed by atoms with Crippen molar-refractivity contribution in [2.24, 2.45) is 7.05 Å². The summed E-state index contributed by atoms with van der Waals surface area (Å²) in [7, 11) is 3.81. The van der Waals surface area contributed by atoms with Crippen LogP contribution in [0.15, 0.2) is 30.5 Å². The lowest BCUT2D eigenvalue weighted by Crippen LogP contribution is -2.33. The van der Waals surface area contributed by atoms with Gasteiger partial charge in [0.15, 0.2) is 0 Å². The van der Waals surface area contributed by atoms with Gasteiger partial charge >= 0.3 is 0 Å². The van der Waals surface area contributed by atoms with E-state index in [0.29, 0.717) is 6.73 Å². The van der Waals surface area contributed by atoms with Crippen LogP contribution in [0.4, 0.5) is 0 Å². The fourth-order valence-corrected chi connectivity index (χ4v) is 2.44. The van der Waals surface area contributed by atoms with Gasteiger partial charge in [-0.2, -0.15) is 0 Å². The highest BCUT2D eigenvalue weighted by atomic mass is 16.5. The van der Waals surface area contributed by atoms with Crippen LogP contribution in [0, 0.1) is 0 Å². The van der Waals surface area contributed by atoms with Crippen molar-refractivity contribution in [3.63, 3.8) is 0 Å². The van der Waals surface area contributed by atoms with Crippen molar-refractivity contribution in [3.8, 4) is 0 Å². The summed E-state index contributed by atoms with van der Waals surface area (Å²) in [5, 5.41) is 4.65. The number of aryl methyl sites for hydroxylation is 1. The SMILES string of the molecule is COCNCC(C)(C)c1cn(C)c2ccccc12. The molecular weight excluding hydrogens is 224 g/mol. The third-order valence-electron chi connectivity index (χ3n) is 3.44. The number of nitrogens with one attached hydrogen (secondary N) is 1. The molecule has 0 aliphatic rings. The number of nitrogens with zero attached hydrogens (tertiary/aromatic N) is 1. The van der Waals surface area contributed by atoms with Crippen LogP contribution >= 0.6 is 0 Å². The zero-order valence-corrected chi connectivity index (χ0v) is 11.7. The van der Waals surface area contributed by atoms with Crippen LogP contribution in [0.25, 0.3) is 10.9 Å². The Balaban J connectivity index is 2.35. The van der Waals surface area contributed by atoms with Gasteiger partial charge in [-0.15, -0.1) is 0 Å². The lowest BCUT2D eigenvalue weighted by atomic mass is 9.84. The van der Waals surface area contributed by atoms with Gasteiger partial charge in [-0.3, -0.25) is 5.32 Å². The van der Waals surface area contributed by atoms with Gasteiger partial charge < -0.3 is 9.30 Å². The molecule has 0 amide bonds. The molecule has 3 nitrogen and oxygen atoms in total. The maximum Gasteiger partial charge on any atom is 0.0961 e. The minimum Gasteiger partial charge on any atom is -0.370 e. The minimum absolute atomic E-state index is 0.0827. The van der Waals surface area contributed by atoms with Gasteiger partial charge in [0, 0.05) is 43.2 Å². The van der Waals surface area contributed by atoms with E-state index in [4.69, 9.17) is 4.74 Å². The number of para-hydroxylation sites is 1. The molecule has 0 unspecified atom stereocenters. The molecule has 2 aromatic rings. The molecule has 0 aliphatic carbocycles.